The molecule has 0 spiro atoms. The molecule has 0 aromatic heterocycles. The van der Waals surface area contributed by atoms with Crippen molar-refractivity contribution < 1.29 is 9.90 Å². The lowest BCUT2D eigenvalue weighted by atomic mass is 9.90. The molecule has 1 unspecified atom stereocenters. The fraction of sp³-hybridized carbons (Fsp3) is 0.462. The zero-order chi connectivity index (χ0) is 10.7. The first-order valence-electron chi connectivity index (χ1n) is 4.85. The largest absolute Gasteiger partial charge is 0.478 e. The van der Waals surface area contributed by atoms with E-state index < -0.39 is 5.97 Å². The number of benzene rings is 1. The van der Waals surface area contributed by atoms with Crippen LogP contribution in [-0.4, -0.2) is 11.1 Å². The minimum absolute atomic E-state index is 0. The summed E-state index contributed by atoms with van der Waals surface area (Å²) < 4.78 is 0. The highest BCUT2D eigenvalue weighted by Crippen LogP contribution is 2.23. The highest BCUT2D eigenvalue weighted by molar-refractivity contribution is 5.87. The van der Waals surface area contributed by atoms with Crippen molar-refractivity contribution in [3.8, 4) is 0 Å². The smallest absolute Gasteiger partial charge is 0.335 e. The zero-order valence-electron chi connectivity index (χ0n) is 8.82. The van der Waals surface area contributed by atoms with Crippen LogP contribution in [0.25, 0.3) is 0 Å². The Morgan fingerprint density at radius 2 is 1.60 bits per heavy atom. The molecule has 0 amide bonds. The lowest BCUT2D eigenvalue weighted by Crippen LogP contribution is -2.03. The molecule has 1 aromatic carbocycles. The van der Waals surface area contributed by atoms with E-state index in [1.54, 1.807) is 12.1 Å². The van der Waals surface area contributed by atoms with E-state index in [0.29, 0.717) is 17.4 Å². The summed E-state index contributed by atoms with van der Waals surface area (Å²) in [5.41, 5.74) is 1.55. The van der Waals surface area contributed by atoms with Gasteiger partial charge in [-0.1, -0.05) is 40.3 Å². The van der Waals surface area contributed by atoms with E-state index in [9.17, 15) is 4.79 Å². The van der Waals surface area contributed by atoms with Crippen LogP contribution in [0.2, 0.25) is 0 Å². The standard InChI is InChI=1S/C12H16O2.CH4/c1-8(2)9(3)10-4-6-11(7-5-10)12(13)14;/h4-9H,1-3H3,(H,13,14);1H4. The van der Waals surface area contributed by atoms with Gasteiger partial charge >= 0.3 is 5.97 Å². The summed E-state index contributed by atoms with van der Waals surface area (Å²) >= 11 is 0. The summed E-state index contributed by atoms with van der Waals surface area (Å²) in [6.45, 7) is 6.48. The molecule has 0 aliphatic heterocycles. The topological polar surface area (TPSA) is 37.3 Å². The Labute approximate surface area is 91.9 Å². The number of carbonyl (C=O) groups is 1. The van der Waals surface area contributed by atoms with Crippen LogP contribution in [0.5, 0.6) is 0 Å². The van der Waals surface area contributed by atoms with E-state index in [-0.39, 0.29) is 7.43 Å². The SMILES string of the molecule is C.CC(C)C(C)c1ccc(C(=O)O)cc1. The van der Waals surface area contributed by atoms with Gasteiger partial charge in [-0.3, -0.25) is 0 Å². The second kappa shape index (κ2) is 5.54. The average Bonchev–Trinajstić information content (AvgIpc) is 2.16. The van der Waals surface area contributed by atoms with Crippen LogP contribution in [0.1, 0.15) is 50.0 Å². The van der Waals surface area contributed by atoms with E-state index in [0.717, 1.165) is 0 Å². The van der Waals surface area contributed by atoms with Gasteiger partial charge in [-0.05, 0) is 29.5 Å². The van der Waals surface area contributed by atoms with E-state index in [1.807, 2.05) is 12.1 Å². The van der Waals surface area contributed by atoms with Crippen LogP contribution in [-0.2, 0) is 0 Å². The van der Waals surface area contributed by atoms with Gasteiger partial charge in [-0.2, -0.15) is 0 Å². The number of hydrogen-bond acceptors (Lipinski definition) is 1. The van der Waals surface area contributed by atoms with Gasteiger partial charge in [0.1, 0.15) is 0 Å². The van der Waals surface area contributed by atoms with Crippen LogP contribution in [0, 0.1) is 5.92 Å². The Kier molecular flexibility index (Phi) is 5.06. The molecule has 1 N–H and O–H groups in total. The number of hydrogen-bond donors (Lipinski definition) is 1. The van der Waals surface area contributed by atoms with Gasteiger partial charge in [-0.25, -0.2) is 4.79 Å². The molecule has 1 atom stereocenters. The molecule has 0 saturated heterocycles. The Morgan fingerprint density at radius 3 is 1.93 bits per heavy atom. The maximum absolute atomic E-state index is 10.6. The lowest BCUT2D eigenvalue weighted by molar-refractivity contribution is 0.0697. The summed E-state index contributed by atoms with van der Waals surface area (Å²) in [5, 5.41) is 8.72. The fourth-order valence-electron chi connectivity index (χ4n) is 1.31. The van der Waals surface area contributed by atoms with E-state index in [1.165, 1.54) is 5.56 Å². The highest BCUT2D eigenvalue weighted by atomic mass is 16.4. The molecule has 0 aliphatic rings. The maximum Gasteiger partial charge on any atom is 0.335 e. The molecule has 2 nitrogen and oxygen atoms in total. The van der Waals surface area contributed by atoms with E-state index in [4.69, 9.17) is 5.11 Å². The first-order chi connectivity index (χ1) is 6.52. The van der Waals surface area contributed by atoms with Crippen LogP contribution in [0.4, 0.5) is 0 Å². The van der Waals surface area contributed by atoms with Crippen molar-refractivity contribution in [1.82, 2.24) is 0 Å². The minimum Gasteiger partial charge on any atom is -0.478 e. The van der Waals surface area contributed by atoms with Crippen molar-refractivity contribution in [2.24, 2.45) is 5.92 Å². The van der Waals surface area contributed by atoms with Crippen LogP contribution in [0.3, 0.4) is 0 Å². The Morgan fingerprint density at radius 1 is 1.13 bits per heavy atom. The highest BCUT2D eigenvalue weighted by Gasteiger charge is 2.10. The van der Waals surface area contributed by atoms with Gasteiger partial charge < -0.3 is 5.11 Å². The molecule has 84 valence electrons. The molecular weight excluding hydrogens is 188 g/mol. The zero-order valence-corrected chi connectivity index (χ0v) is 8.82. The molecule has 15 heavy (non-hydrogen) atoms. The normalized spacial score (nSPS) is 12.0. The van der Waals surface area contributed by atoms with E-state index in [2.05, 4.69) is 20.8 Å². The number of carboxylic acids is 1. The van der Waals surface area contributed by atoms with Crippen molar-refractivity contribution in [3.63, 3.8) is 0 Å². The van der Waals surface area contributed by atoms with Crippen LogP contribution < -0.4 is 0 Å². The quantitative estimate of drug-likeness (QED) is 0.820. The second-order valence-electron chi connectivity index (χ2n) is 3.96. The van der Waals surface area contributed by atoms with Crippen molar-refractivity contribution in [2.75, 3.05) is 0 Å². The Bertz CT molecular complexity index is 312. The summed E-state index contributed by atoms with van der Waals surface area (Å²) in [4.78, 5) is 10.6. The fourth-order valence-corrected chi connectivity index (χ4v) is 1.31. The summed E-state index contributed by atoms with van der Waals surface area (Å²) in [6.07, 6.45) is 0. The average molecular weight is 208 g/mol. The van der Waals surface area contributed by atoms with Gasteiger partial charge in [-0.15, -0.1) is 0 Å². The number of carboxylic acid groups (broad SMARTS) is 1. The third kappa shape index (κ3) is 3.39. The molecule has 2 heteroatoms. The minimum atomic E-state index is -0.867. The third-order valence-corrected chi connectivity index (χ3v) is 2.68. The van der Waals surface area contributed by atoms with Crippen molar-refractivity contribution >= 4 is 5.97 Å². The van der Waals surface area contributed by atoms with Gasteiger partial charge in [0, 0.05) is 0 Å². The van der Waals surface area contributed by atoms with E-state index >= 15 is 0 Å². The molecule has 0 bridgehead atoms. The predicted octanol–water partition coefficient (Wildman–Crippen LogP) is 3.78. The summed E-state index contributed by atoms with van der Waals surface area (Å²) in [5.74, 6) is 0.178. The molecule has 0 radical (unpaired) electrons. The Hall–Kier alpha value is -1.31. The first kappa shape index (κ1) is 13.7. The molecule has 1 rings (SSSR count). The maximum atomic E-state index is 10.6. The Balaban J connectivity index is 0.00000196. The van der Waals surface area contributed by atoms with Crippen molar-refractivity contribution in [1.29, 1.82) is 0 Å². The summed E-state index contributed by atoms with van der Waals surface area (Å²) in [6, 6.07) is 7.12. The molecule has 0 saturated carbocycles. The van der Waals surface area contributed by atoms with Crippen molar-refractivity contribution in [2.45, 2.75) is 34.1 Å². The monoisotopic (exact) mass is 208 g/mol. The third-order valence-electron chi connectivity index (χ3n) is 2.68. The molecule has 1 aromatic rings. The molecule has 0 aliphatic carbocycles. The van der Waals surface area contributed by atoms with Gasteiger partial charge in [0.2, 0.25) is 0 Å². The number of rotatable bonds is 3. The van der Waals surface area contributed by atoms with Crippen LogP contribution >= 0.6 is 0 Å². The molecular formula is C13H20O2. The summed E-state index contributed by atoms with van der Waals surface area (Å²) in [7, 11) is 0. The second-order valence-corrected chi connectivity index (χ2v) is 3.96. The van der Waals surface area contributed by atoms with Crippen LogP contribution in [0.15, 0.2) is 24.3 Å². The lowest BCUT2D eigenvalue weighted by Gasteiger charge is -2.15. The molecule has 0 fully saturated rings. The van der Waals surface area contributed by atoms with Gasteiger partial charge in [0.15, 0.2) is 0 Å². The first-order valence-corrected chi connectivity index (χ1v) is 4.85. The van der Waals surface area contributed by atoms with Crippen molar-refractivity contribution in [3.05, 3.63) is 35.4 Å². The molecule has 0 heterocycles. The van der Waals surface area contributed by atoms with Gasteiger partial charge in [0.05, 0.1) is 5.56 Å². The number of aromatic carboxylic acids is 1. The predicted molar refractivity (Wildman–Crippen MR) is 63.4 cm³/mol. The van der Waals surface area contributed by atoms with Gasteiger partial charge in [0.25, 0.3) is 0 Å².